The van der Waals surface area contributed by atoms with Crippen molar-refractivity contribution in [2.45, 2.75) is 58.2 Å². The van der Waals surface area contributed by atoms with E-state index >= 15 is 0 Å². The second-order valence-corrected chi connectivity index (χ2v) is 7.38. The van der Waals surface area contributed by atoms with E-state index in [4.69, 9.17) is 9.15 Å². The molecule has 1 unspecified atom stereocenters. The molecule has 1 aliphatic carbocycles. The van der Waals surface area contributed by atoms with E-state index in [-0.39, 0.29) is 11.9 Å². The Balaban J connectivity index is 1.49. The highest BCUT2D eigenvalue weighted by Crippen LogP contribution is 2.26. The number of hydrogen-bond acceptors (Lipinski definition) is 5. The number of carbonyl (C=O) groups is 1. The third-order valence-electron chi connectivity index (χ3n) is 5.59. The molecule has 2 aliphatic rings. The van der Waals surface area contributed by atoms with Crippen LogP contribution in [0, 0.1) is 12.8 Å². The molecule has 0 aromatic carbocycles. The molecular formula is C19H26N4O3. The number of nitrogens with zero attached hydrogens (tertiary/aromatic N) is 4. The van der Waals surface area contributed by atoms with Gasteiger partial charge in [0.2, 0.25) is 5.76 Å². The normalized spacial score (nSPS) is 21.0. The second kappa shape index (κ2) is 7.61. The van der Waals surface area contributed by atoms with Crippen LogP contribution in [0.4, 0.5) is 0 Å². The number of carbonyl (C=O) groups excluding carboxylic acids is 1. The summed E-state index contributed by atoms with van der Waals surface area (Å²) in [5, 5.41) is 4.37. The van der Waals surface area contributed by atoms with Gasteiger partial charge in [0.05, 0.1) is 30.6 Å². The lowest BCUT2D eigenvalue weighted by Gasteiger charge is -2.29. The van der Waals surface area contributed by atoms with E-state index in [9.17, 15) is 4.79 Å². The Hall–Kier alpha value is -2.15. The summed E-state index contributed by atoms with van der Waals surface area (Å²) in [5.41, 5.74) is 1.66. The number of aryl methyl sites for hydroxylation is 2. The minimum Gasteiger partial charge on any atom is -0.438 e. The second-order valence-electron chi connectivity index (χ2n) is 7.38. The Labute approximate surface area is 153 Å². The van der Waals surface area contributed by atoms with E-state index in [1.54, 1.807) is 13.1 Å². The Morgan fingerprint density at radius 1 is 1.31 bits per heavy atom. The fourth-order valence-corrected chi connectivity index (χ4v) is 4.02. The fourth-order valence-electron chi connectivity index (χ4n) is 4.02. The van der Waals surface area contributed by atoms with Crippen LogP contribution >= 0.6 is 0 Å². The molecule has 140 valence electrons. The molecule has 26 heavy (non-hydrogen) atoms. The first-order chi connectivity index (χ1) is 12.7. The average molecular weight is 358 g/mol. The van der Waals surface area contributed by atoms with Crippen molar-refractivity contribution in [3.8, 4) is 0 Å². The monoisotopic (exact) mass is 358 g/mol. The molecule has 1 atom stereocenters. The summed E-state index contributed by atoms with van der Waals surface area (Å²) >= 11 is 0. The first-order valence-electron chi connectivity index (χ1n) is 9.52. The molecule has 2 aromatic heterocycles. The minimum absolute atomic E-state index is 0.00935. The molecule has 0 spiro atoms. The van der Waals surface area contributed by atoms with Crippen LogP contribution in [0.3, 0.4) is 0 Å². The molecule has 4 rings (SSSR count). The van der Waals surface area contributed by atoms with Crippen LogP contribution in [-0.2, 0) is 17.8 Å². The lowest BCUT2D eigenvalue weighted by molar-refractivity contribution is 0.0288. The fraction of sp³-hybridized carbons (Fsp3) is 0.632. The zero-order chi connectivity index (χ0) is 17.9. The highest BCUT2D eigenvalue weighted by Gasteiger charge is 2.31. The van der Waals surface area contributed by atoms with Gasteiger partial charge in [0.1, 0.15) is 0 Å². The van der Waals surface area contributed by atoms with E-state index in [0.717, 1.165) is 25.3 Å². The maximum atomic E-state index is 13.1. The largest absolute Gasteiger partial charge is 0.438 e. The number of oxazole rings is 1. The van der Waals surface area contributed by atoms with Crippen LogP contribution in [0.1, 0.15) is 54.0 Å². The van der Waals surface area contributed by atoms with E-state index in [1.165, 1.54) is 32.1 Å². The number of ether oxygens (including phenoxy) is 1. The minimum atomic E-state index is -0.121. The van der Waals surface area contributed by atoms with Gasteiger partial charge < -0.3 is 14.1 Å². The van der Waals surface area contributed by atoms with Crippen molar-refractivity contribution >= 4 is 5.91 Å². The van der Waals surface area contributed by atoms with Crippen molar-refractivity contribution in [1.82, 2.24) is 19.7 Å². The number of amides is 1. The predicted octanol–water partition coefficient (Wildman–Crippen LogP) is 2.80. The molecule has 3 heterocycles. The zero-order valence-corrected chi connectivity index (χ0v) is 15.3. The summed E-state index contributed by atoms with van der Waals surface area (Å²) in [4.78, 5) is 19.0. The van der Waals surface area contributed by atoms with Crippen LogP contribution in [0.15, 0.2) is 23.1 Å². The Kier molecular flexibility index (Phi) is 5.06. The van der Waals surface area contributed by atoms with Crippen molar-refractivity contribution in [2.75, 3.05) is 13.2 Å². The Morgan fingerprint density at radius 2 is 2.15 bits per heavy atom. The SMILES string of the molecule is Cc1ncoc1C(=O)N1Cc2ccnn2CCC1COCC1CCCC1. The highest BCUT2D eigenvalue weighted by atomic mass is 16.5. The van der Waals surface area contributed by atoms with Crippen LogP contribution in [0.2, 0.25) is 0 Å². The van der Waals surface area contributed by atoms with Gasteiger partial charge in [-0.15, -0.1) is 0 Å². The smallest absolute Gasteiger partial charge is 0.292 e. The summed E-state index contributed by atoms with van der Waals surface area (Å²) < 4.78 is 13.4. The van der Waals surface area contributed by atoms with Gasteiger partial charge in [0, 0.05) is 19.3 Å². The summed E-state index contributed by atoms with van der Waals surface area (Å²) in [6, 6.07) is 1.98. The standard InChI is InChI=1S/C19H26N4O3/c1-14-18(26-13-20-14)19(24)22-10-16-6-8-21-23(16)9-7-17(22)12-25-11-15-4-2-3-5-15/h6,8,13,15,17H,2-5,7,9-12H2,1H3. The third-order valence-corrected chi connectivity index (χ3v) is 5.59. The molecule has 0 radical (unpaired) electrons. The summed E-state index contributed by atoms with van der Waals surface area (Å²) in [5.74, 6) is 0.875. The summed E-state index contributed by atoms with van der Waals surface area (Å²) in [7, 11) is 0. The van der Waals surface area contributed by atoms with Crippen molar-refractivity contribution in [3.05, 3.63) is 35.8 Å². The van der Waals surface area contributed by atoms with Crippen LogP contribution in [-0.4, -0.2) is 44.8 Å². The van der Waals surface area contributed by atoms with Gasteiger partial charge in [-0.25, -0.2) is 4.98 Å². The zero-order valence-electron chi connectivity index (χ0n) is 15.3. The van der Waals surface area contributed by atoms with Gasteiger partial charge in [0.15, 0.2) is 6.39 Å². The molecule has 0 N–H and O–H groups in total. The lowest BCUT2D eigenvalue weighted by atomic mass is 10.1. The van der Waals surface area contributed by atoms with Crippen molar-refractivity contribution in [2.24, 2.45) is 5.92 Å². The molecule has 1 fully saturated rings. The number of aromatic nitrogens is 3. The van der Waals surface area contributed by atoms with Gasteiger partial charge in [0.25, 0.3) is 5.91 Å². The molecule has 7 nitrogen and oxygen atoms in total. The first kappa shape index (κ1) is 17.3. The summed E-state index contributed by atoms with van der Waals surface area (Å²) in [6.07, 6.45) is 9.09. The van der Waals surface area contributed by atoms with Gasteiger partial charge in [-0.2, -0.15) is 5.10 Å². The lowest BCUT2D eigenvalue weighted by Crippen LogP contribution is -2.42. The molecule has 1 saturated carbocycles. The maximum Gasteiger partial charge on any atom is 0.292 e. The molecule has 0 saturated heterocycles. The van der Waals surface area contributed by atoms with E-state index < -0.39 is 0 Å². The average Bonchev–Trinajstić information content (AvgIpc) is 3.37. The quantitative estimate of drug-likeness (QED) is 0.822. The van der Waals surface area contributed by atoms with Gasteiger partial charge in [-0.1, -0.05) is 12.8 Å². The predicted molar refractivity (Wildman–Crippen MR) is 94.5 cm³/mol. The van der Waals surface area contributed by atoms with E-state index in [1.807, 2.05) is 15.6 Å². The molecule has 0 bridgehead atoms. The molecular weight excluding hydrogens is 332 g/mol. The van der Waals surface area contributed by atoms with E-state index in [2.05, 4.69) is 10.1 Å². The maximum absolute atomic E-state index is 13.1. The van der Waals surface area contributed by atoms with Gasteiger partial charge >= 0.3 is 0 Å². The highest BCUT2D eigenvalue weighted by molar-refractivity contribution is 5.92. The Bertz CT molecular complexity index is 748. The Morgan fingerprint density at radius 3 is 2.92 bits per heavy atom. The van der Waals surface area contributed by atoms with Crippen molar-refractivity contribution < 1.29 is 13.9 Å². The molecule has 1 aliphatic heterocycles. The van der Waals surface area contributed by atoms with Gasteiger partial charge in [-0.05, 0) is 38.2 Å². The molecule has 2 aromatic rings. The van der Waals surface area contributed by atoms with Crippen molar-refractivity contribution in [1.29, 1.82) is 0 Å². The van der Waals surface area contributed by atoms with Crippen LogP contribution in [0.25, 0.3) is 0 Å². The third kappa shape index (κ3) is 3.53. The number of fused-ring (bicyclic) bond motifs is 1. The van der Waals surface area contributed by atoms with E-state index in [0.29, 0.717) is 30.5 Å². The first-order valence-corrected chi connectivity index (χ1v) is 9.52. The number of hydrogen-bond donors (Lipinski definition) is 0. The summed E-state index contributed by atoms with van der Waals surface area (Å²) in [6.45, 7) is 4.45. The van der Waals surface area contributed by atoms with Crippen molar-refractivity contribution in [3.63, 3.8) is 0 Å². The van der Waals surface area contributed by atoms with Gasteiger partial charge in [-0.3, -0.25) is 9.48 Å². The van der Waals surface area contributed by atoms with Crippen LogP contribution in [0.5, 0.6) is 0 Å². The molecule has 1 amide bonds. The van der Waals surface area contributed by atoms with Crippen LogP contribution < -0.4 is 0 Å². The topological polar surface area (TPSA) is 73.4 Å². The number of rotatable bonds is 5. The molecule has 7 heteroatoms.